The largest absolute Gasteiger partial charge is 0.480 e. The molecule has 0 bridgehead atoms. The molecule has 0 aliphatic heterocycles. The number of amides is 1. The van der Waals surface area contributed by atoms with Gasteiger partial charge in [0.2, 0.25) is 0 Å². The van der Waals surface area contributed by atoms with E-state index in [0.717, 1.165) is 11.1 Å². The minimum Gasteiger partial charge on any atom is -0.480 e. The lowest BCUT2D eigenvalue weighted by atomic mass is 10.0. The van der Waals surface area contributed by atoms with Crippen molar-refractivity contribution in [1.82, 2.24) is 19.7 Å². The minimum absolute atomic E-state index is 0.0661. The zero-order chi connectivity index (χ0) is 21.3. The topological polar surface area (TPSA) is 88.3 Å². The number of hydrogen-bond donors (Lipinski definition) is 1. The Morgan fingerprint density at radius 3 is 2.34 bits per heavy atom. The van der Waals surface area contributed by atoms with Crippen LogP contribution in [0.3, 0.4) is 0 Å². The number of aryl methyl sites for hydroxylation is 1. The summed E-state index contributed by atoms with van der Waals surface area (Å²) in [5.74, 6) is -1.39. The van der Waals surface area contributed by atoms with E-state index in [-0.39, 0.29) is 24.5 Å². The van der Waals surface area contributed by atoms with E-state index < -0.39 is 5.97 Å². The van der Waals surface area contributed by atoms with E-state index in [0.29, 0.717) is 22.3 Å². The van der Waals surface area contributed by atoms with E-state index in [1.54, 1.807) is 30.8 Å². The average molecular weight is 394 g/mol. The van der Waals surface area contributed by atoms with Crippen LogP contribution in [0.5, 0.6) is 0 Å². The summed E-state index contributed by atoms with van der Waals surface area (Å²) in [7, 11) is 0. The molecule has 0 atom stereocenters. The predicted octanol–water partition coefficient (Wildman–Crippen LogP) is 3.92. The monoisotopic (exact) mass is 394 g/mol. The number of aromatic nitrogens is 3. The Hall–Kier alpha value is -3.22. The lowest BCUT2D eigenvalue weighted by Crippen LogP contribution is -2.40. The standard InChI is InChI=1S/C22H26N4O3/c1-13(2)25(12-20(27)28)22(29)17-10-19(16-8-6-15(5)7-9-16)24-21-18(17)11-23-26(21)14(3)4/h6-11,13-14H,12H2,1-5H3,(H,27,28). The number of fused-ring (bicyclic) bond motifs is 1. The lowest BCUT2D eigenvalue weighted by Gasteiger charge is -2.25. The van der Waals surface area contributed by atoms with Gasteiger partial charge in [-0.15, -0.1) is 0 Å². The highest BCUT2D eigenvalue weighted by molar-refractivity contribution is 6.07. The molecule has 7 nitrogen and oxygen atoms in total. The molecule has 2 aromatic heterocycles. The van der Waals surface area contributed by atoms with Crippen LogP contribution in [0, 0.1) is 6.92 Å². The van der Waals surface area contributed by atoms with Crippen LogP contribution in [0.25, 0.3) is 22.3 Å². The third-order valence-electron chi connectivity index (χ3n) is 4.82. The number of rotatable bonds is 6. The number of aliphatic carboxylic acids is 1. The third kappa shape index (κ3) is 4.13. The molecule has 0 fully saturated rings. The van der Waals surface area contributed by atoms with Gasteiger partial charge in [-0.25, -0.2) is 9.67 Å². The van der Waals surface area contributed by atoms with Gasteiger partial charge in [0, 0.05) is 17.6 Å². The van der Waals surface area contributed by atoms with Crippen LogP contribution >= 0.6 is 0 Å². The summed E-state index contributed by atoms with van der Waals surface area (Å²) in [6.45, 7) is 9.25. The predicted molar refractivity (Wildman–Crippen MR) is 112 cm³/mol. The van der Waals surface area contributed by atoms with E-state index >= 15 is 0 Å². The molecule has 0 aliphatic carbocycles. The molecular weight excluding hydrogens is 368 g/mol. The quantitative estimate of drug-likeness (QED) is 0.684. The van der Waals surface area contributed by atoms with E-state index in [1.807, 2.05) is 45.0 Å². The molecule has 1 N–H and O–H groups in total. The Bertz CT molecular complexity index is 1050. The molecule has 0 unspecified atom stereocenters. The summed E-state index contributed by atoms with van der Waals surface area (Å²) in [6.07, 6.45) is 1.63. The number of carbonyl (C=O) groups excluding carboxylic acids is 1. The number of nitrogens with zero attached hydrogens (tertiary/aromatic N) is 4. The highest BCUT2D eigenvalue weighted by atomic mass is 16.4. The minimum atomic E-state index is -1.05. The molecule has 0 saturated heterocycles. The van der Waals surface area contributed by atoms with Crippen molar-refractivity contribution in [3.63, 3.8) is 0 Å². The smallest absolute Gasteiger partial charge is 0.323 e. The summed E-state index contributed by atoms with van der Waals surface area (Å²) < 4.78 is 1.78. The summed E-state index contributed by atoms with van der Waals surface area (Å²) >= 11 is 0. The van der Waals surface area contributed by atoms with Crippen molar-refractivity contribution in [3.05, 3.63) is 47.7 Å². The van der Waals surface area contributed by atoms with Crippen LogP contribution in [0.4, 0.5) is 0 Å². The molecule has 152 valence electrons. The summed E-state index contributed by atoms with van der Waals surface area (Å²) in [5, 5.41) is 14.3. The first-order valence-electron chi connectivity index (χ1n) is 9.67. The van der Waals surface area contributed by atoms with Gasteiger partial charge in [0.15, 0.2) is 5.65 Å². The van der Waals surface area contributed by atoms with Crippen molar-refractivity contribution in [1.29, 1.82) is 0 Å². The molecule has 1 amide bonds. The Kier molecular flexibility index (Phi) is 5.68. The maximum absolute atomic E-state index is 13.4. The van der Waals surface area contributed by atoms with Crippen LogP contribution < -0.4 is 0 Å². The SMILES string of the molecule is Cc1ccc(-c2cc(C(=O)N(CC(=O)O)C(C)C)c3cnn(C(C)C)c3n2)cc1. The molecule has 0 aliphatic rings. The van der Waals surface area contributed by atoms with Gasteiger partial charge in [-0.2, -0.15) is 5.10 Å². The Morgan fingerprint density at radius 1 is 1.14 bits per heavy atom. The summed E-state index contributed by atoms with van der Waals surface area (Å²) in [6, 6.07) is 9.46. The van der Waals surface area contributed by atoms with E-state index in [1.165, 1.54) is 4.90 Å². The van der Waals surface area contributed by atoms with Crippen LogP contribution in [0.15, 0.2) is 36.5 Å². The van der Waals surface area contributed by atoms with Gasteiger partial charge in [-0.3, -0.25) is 9.59 Å². The maximum Gasteiger partial charge on any atom is 0.323 e. The highest BCUT2D eigenvalue weighted by Crippen LogP contribution is 2.28. The molecule has 0 spiro atoms. The average Bonchev–Trinajstić information content (AvgIpc) is 3.09. The summed E-state index contributed by atoms with van der Waals surface area (Å²) in [5.41, 5.74) is 3.69. The molecule has 3 rings (SSSR count). The summed E-state index contributed by atoms with van der Waals surface area (Å²) in [4.78, 5) is 30.8. The number of benzene rings is 1. The number of carboxylic acids is 1. The van der Waals surface area contributed by atoms with E-state index in [4.69, 9.17) is 4.98 Å². The van der Waals surface area contributed by atoms with Gasteiger partial charge >= 0.3 is 5.97 Å². The second-order valence-corrected chi connectivity index (χ2v) is 7.76. The molecule has 3 aromatic rings. The van der Waals surface area contributed by atoms with E-state index in [9.17, 15) is 14.7 Å². The van der Waals surface area contributed by atoms with Gasteiger partial charge in [0.05, 0.1) is 22.8 Å². The van der Waals surface area contributed by atoms with E-state index in [2.05, 4.69) is 5.10 Å². The zero-order valence-corrected chi connectivity index (χ0v) is 17.4. The molecule has 2 heterocycles. The maximum atomic E-state index is 13.4. The first-order chi connectivity index (χ1) is 13.7. The second-order valence-electron chi connectivity index (χ2n) is 7.76. The fraction of sp³-hybridized carbons (Fsp3) is 0.364. The van der Waals surface area contributed by atoms with Crippen LogP contribution in [-0.2, 0) is 4.79 Å². The van der Waals surface area contributed by atoms with Crippen LogP contribution in [0.1, 0.15) is 49.7 Å². The van der Waals surface area contributed by atoms with Crippen molar-refractivity contribution < 1.29 is 14.7 Å². The fourth-order valence-electron chi connectivity index (χ4n) is 3.23. The molecule has 7 heteroatoms. The molecule has 1 aromatic carbocycles. The Morgan fingerprint density at radius 2 is 1.79 bits per heavy atom. The normalized spacial score (nSPS) is 11.4. The Labute approximate surface area is 170 Å². The van der Waals surface area contributed by atoms with Gasteiger partial charge in [0.25, 0.3) is 5.91 Å². The lowest BCUT2D eigenvalue weighted by molar-refractivity contribution is -0.138. The van der Waals surface area contributed by atoms with Gasteiger partial charge in [-0.1, -0.05) is 29.8 Å². The molecule has 29 heavy (non-hydrogen) atoms. The number of pyridine rings is 1. The van der Waals surface area contributed by atoms with Gasteiger partial charge in [-0.05, 0) is 40.7 Å². The zero-order valence-electron chi connectivity index (χ0n) is 17.4. The van der Waals surface area contributed by atoms with Crippen LogP contribution in [0.2, 0.25) is 0 Å². The first kappa shape index (κ1) is 20.5. The van der Waals surface area contributed by atoms with Gasteiger partial charge in [0.1, 0.15) is 6.54 Å². The molecular formula is C22H26N4O3. The fourth-order valence-corrected chi connectivity index (χ4v) is 3.23. The molecule has 0 saturated carbocycles. The van der Waals surface area contributed by atoms with Gasteiger partial charge < -0.3 is 10.0 Å². The van der Waals surface area contributed by atoms with Crippen molar-refractivity contribution in [2.45, 2.75) is 46.7 Å². The Balaban J connectivity index is 2.22. The first-order valence-corrected chi connectivity index (χ1v) is 9.67. The molecule has 0 radical (unpaired) electrons. The van der Waals surface area contributed by atoms with Crippen molar-refractivity contribution in [2.75, 3.05) is 6.54 Å². The van der Waals surface area contributed by atoms with Crippen molar-refractivity contribution in [2.24, 2.45) is 0 Å². The number of carboxylic acid groups (broad SMARTS) is 1. The number of carbonyl (C=O) groups is 2. The number of hydrogen-bond acceptors (Lipinski definition) is 4. The van der Waals surface area contributed by atoms with Crippen molar-refractivity contribution in [3.8, 4) is 11.3 Å². The highest BCUT2D eigenvalue weighted by Gasteiger charge is 2.25. The third-order valence-corrected chi connectivity index (χ3v) is 4.82. The van der Waals surface area contributed by atoms with Crippen LogP contribution in [-0.4, -0.2) is 49.2 Å². The van der Waals surface area contributed by atoms with Crippen molar-refractivity contribution >= 4 is 22.9 Å². The second kappa shape index (κ2) is 8.03.